The van der Waals surface area contributed by atoms with Crippen LogP contribution in [0.3, 0.4) is 0 Å². The van der Waals surface area contributed by atoms with Gasteiger partial charge in [0.05, 0.1) is 24.9 Å². The van der Waals surface area contributed by atoms with Crippen LogP contribution in [0.1, 0.15) is 10.4 Å². The van der Waals surface area contributed by atoms with E-state index >= 15 is 0 Å². The minimum atomic E-state index is -0.365. The SMILES string of the molecule is COC(=O)c1ccc(NN=NCCCl)cc1. The second-order valence-corrected chi connectivity index (χ2v) is 3.21. The van der Waals surface area contributed by atoms with Gasteiger partial charge in [0.25, 0.3) is 0 Å². The van der Waals surface area contributed by atoms with Crippen molar-refractivity contribution in [1.29, 1.82) is 0 Å². The number of halogens is 1. The first-order valence-corrected chi connectivity index (χ1v) is 5.18. The first-order valence-electron chi connectivity index (χ1n) is 4.64. The Kier molecular flexibility index (Phi) is 5.28. The Bertz CT molecular complexity index is 365. The number of methoxy groups -OCH3 is 1. The molecule has 0 fully saturated rings. The van der Waals surface area contributed by atoms with E-state index in [1.807, 2.05) is 0 Å². The van der Waals surface area contributed by atoms with Crippen LogP contribution in [-0.2, 0) is 4.74 Å². The average Bonchev–Trinajstić information content (AvgIpc) is 2.34. The van der Waals surface area contributed by atoms with Crippen molar-refractivity contribution in [2.24, 2.45) is 10.3 Å². The zero-order valence-electron chi connectivity index (χ0n) is 8.81. The molecule has 0 aliphatic rings. The van der Waals surface area contributed by atoms with Crippen molar-refractivity contribution in [3.05, 3.63) is 29.8 Å². The molecule has 6 heteroatoms. The molecule has 5 nitrogen and oxygen atoms in total. The normalized spacial score (nSPS) is 10.4. The summed E-state index contributed by atoms with van der Waals surface area (Å²) in [5.41, 5.74) is 3.94. The van der Waals surface area contributed by atoms with Crippen molar-refractivity contribution in [2.45, 2.75) is 0 Å². The Balaban J connectivity index is 2.54. The number of nitrogens with one attached hydrogen (secondary N) is 1. The van der Waals surface area contributed by atoms with Gasteiger partial charge in [0.15, 0.2) is 0 Å². The molecule has 16 heavy (non-hydrogen) atoms. The lowest BCUT2D eigenvalue weighted by Gasteiger charge is -2.01. The maximum absolute atomic E-state index is 11.1. The number of nitrogens with zero attached hydrogens (tertiary/aromatic N) is 2. The van der Waals surface area contributed by atoms with Gasteiger partial charge >= 0.3 is 5.97 Å². The molecule has 0 aliphatic heterocycles. The van der Waals surface area contributed by atoms with Gasteiger partial charge in [0, 0.05) is 5.88 Å². The summed E-state index contributed by atoms with van der Waals surface area (Å²) in [6, 6.07) is 6.72. The maximum Gasteiger partial charge on any atom is 0.337 e. The molecule has 0 bridgehead atoms. The van der Waals surface area contributed by atoms with Gasteiger partial charge < -0.3 is 4.74 Å². The predicted molar refractivity (Wildman–Crippen MR) is 61.8 cm³/mol. The third kappa shape index (κ3) is 3.86. The zero-order valence-corrected chi connectivity index (χ0v) is 9.57. The number of carbonyl (C=O) groups is 1. The summed E-state index contributed by atoms with van der Waals surface area (Å²) in [4.78, 5) is 11.1. The molecule has 0 amide bonds. The largest absolute Gasteiger partial charge is 0.465 e. The average molecular weight is 242 g/mol. The van der Waals surface area contributed by atoms with Crippen molar-refractivity contribution in [3.8, 4) is 0 Å². The molecule has 0 spiro atoms. The Morgan fingerprint density at radius 2 is 2.12 bits per heavy atom. The third-order valence-electron chi connectivity index (χ3n) is 1.74. The summed E-state index contributed by atoms with van der Waals surface area (Å²) < 4.78 is 4.57. The van der Waals surface area contributed by atoms with Gasteiger partial charge in [-0.15, -0.1) is 11.6 Å². The van der Waals surface area contributed by atoms with E-state index in [2.05, 4.69) is 20.5 Å². The highest BCUT2D eigenvalue weighted by Gasteiger charge is 2.03. The van der Waals surface area contributed by atoms with Crippen LogP contribution in [0.2, 0.25) is 0 Å². The van der Waals surface area contributed by atoms with Gasteiger partial charge in [-0.05, 0) is 24.3 Å². The van der Waals surface area contributed by atoms with Crippen LogP contribution in [0.15, 0.2) is 34.6 Å². The topological polar surface area (TPSA) is 63.0 Å². The van der Waals surface area contributed by atoms with E-state index in [1.54, 1.807) is 24.3 Å². The van der Waals surface area contributed by atoms with E-state index in [-0.39, 0.29) is 5.97 Å². The Hall–Kier alpha value is -1.62. The summed E-state index contributed by atoms with van der Waals surface area (Å²) in [5.74, 6) is 0.0715. The van der Waals surface area contributed by atoms with Crippen molar-refractivity contribution in [3.63, 3.8) is 0 Å². The zero-order chi connectivity index (χ0) is 11.8. The monoisotopic (exact) mass is 241 g/mol. The predicted octanol–water partition coefficient (Wildman–Crippen LogP) is 2.49. The molecule has 0 aliphatic carbocycles. The molecule has 86 valence electrons. The van der Waals surface area contributed by atoms with Crippen LogP contribution >= 0.6 is 11.6 Å². The van der Waals surface area contributed by atoms with Crippen LogP contribution in [-0.4, -0.2) is 25.5 Å². The summed E-state index contributed by atoms with van der Waals surface area (Å²) >= 11 is 5.42. The van der Waals surface area contributed by atoms with Crippen LogP contribution in [0.5, 0.6) is 0 Å². The molecular weight excluding hydrogens is 230 g/mol. The Morgan fingerprint density at radius 3 is 2.69 bits per heavy atom. The molecular formula is C10H12ClN3O2. The standard InChI is InChI=1S/C10H12ClN3O2/c1-16-10(15)8-2-4-9(5-3-8)13-14-12-7-6-11/h2-5H,6-7H2,1H3,(H,12,13). The molecule has 0 saturated heterocycles. The molecule has 1 N–H and O–H groups in total. The fourth-order valence-corrected chi connectivity index (χ4v) is 1.06. The lowest BCUT2D eigenvalue weighted by Crippen LogP contribution is -2.00. The summed E-state index contributed by atoms with van der Waals surface area (Å²) in [5, 5.41) is 7.45. The number of ether oxygens (including phenoxy) is 1. The van der Waals surface area contributed by atoms with Gasteiger partial charge in [-0.1, -0.05) is 5.22 Å². The second kappa shape index (κ2) is 6.79. The molecule has 0 radical (unpaired) electrons. The number of hydrogen-bond acceptors (Lipinski definition) is 4. The van der Waals surface area contributed by atoms with Gasteiger partial charge in [-0.25, -0.2) is 4.79 Å². The minimum absolute atomic E-state index is 0.365. The van der Waals surface area contributed by atoms with Gasteiger partial charge in [0.2, 0.25) is 0 Å². The number of hydrogen-bond donors (Lipinski definition) is 1. The quantitative estimate of drug-likeness (QED) is 0.373. The molecule has 1 aromatic carbocycles. The highest BCUT2D eigenvalue weighted by molar-refractivity contribution is 6.18. The molecule has 1 rings (SSSR count). The van der Waals surface area contributed by atoms with E-state index in [4.69, 9.17) is 11.6 Å². The highest BCUT2D eigenvalue weighted by Crippen LogP contribution is 2.10. The van der Waals surface area contributed by atoms with Crippen LogP contribution in [0.25, 0.3) is 0 Å². The molecule has 1 aromatic rings. The first kappa shape index (κ1) is 12.4. The fourth-order valence-electron chi connectivity index (χ4n) is 0.980. The number of anilines is 1. The van der Waals surface area contributed by atoms with Crippen LogP contribution in [0.4, 0.5) is 5.69 Å². The highest BCUT2D eigenvalue weighted by atomic mass is 35.5. The van der Waals surface area contributed by atoms with Gasteiger partial charge in [-0.3, -0.25) is 5.43 Å². The first-order chi connectivity index (χ1) is 7.77. The Morgan fingerprint density at radius 1 is 1.44 bits per heavy atom. The lowest BCUT2D eigenvalue weighted by molar-refractivity contribution is 0.0601. The lowest BCUT2D eigenvalue weighted by atomic mass is 10.2. The van der Waals surface area contributed by atoms with Gasteiger partial charge in [-0.2, -0.15) is 5.11 Å². The molecule has 0 aromatic heterocycles. The fraction of sp³-hybridized carbons (Fsp3) is 0.300. The van der Waals surface area contributed by atoms with Gasteiger partial charge in [0.1, 0.15) is 0 Å². The number of alkyl halides is 1. The second-order valence-electron chi connectivity index (χ2n) is 2.83. The molecule has 0 heterocycles. The van der Waals surface area contributed by atoms with E-state index < -0.39 is 0 Å². The summed E-state index contributed by atoms with van der Waals surface area (Å²) in [6.45, 7) is 0.467. The van der Waals surface area contributed by atoms with E-state index in [1.165, 1.54) is 7.11 Å². The molecule has 0 saturated carbocycles. The number of carbonyl (C=O) groups excluding carboxylic acids is 1. The Labute approximate surface area is 98.4 Å². The van der Waals surface area contributed by atoms with E-state index in [0.29, 0.717) is 18.0 Å². The summed E-state index contributed by atoms with van der Waals surface area (Å²) in [7, 11) is 1.34. The summed E-state index contributed by atoms with van der Waals surface area (Å²) in [6.07, 6.45) is 0. The number of esters is 1. The van der Waals surface area contributed by atoms with Crippen molar-refractivity contribution in [2.75, 3.05) is 25.0 Å². The number of benzene rings is 1. The van der Waals surface area contributed by atoms with Crippen molar-refractivity contribution >= 4 is 23.3 Å². The van der Waals surface area contributed by atoms with E-state index in [0.717, 1.165) is 5.69 Å². The third-order valence-corrected chi connectivity index (χ3v) is 1.91. The molecule has 0 atom stereocenters. The van der Waals surface area contributed by atoms with Crippen LogP contribution in [0, 0.1) is 0 Å². The van der Waals surface area contributed by atoms with Crippen molar-refractivity contribution < 1.29 is 9.53 Å². The van der Waals surface area contributed by atoms with Crippen molar-refractivity contribution in [1.82, 2.24) is 0 Å². The molecule has 0 unspecified atom stereocenters. The van der Waals surface area contributed by atoms with E-state index in [9.17, 15) is 4.79 Å². The maximum atomic E-state index is 11.1. The minimum Gasteiger partial charge on any atom is -0.465 e. The number of rotatable bonds is 5. The van der Waals surface area contributed by atoms with Crippen LogP contribution < -0.4 is 5.43 Å². The smallest absolute Gasteiger partial charge is 0.337 e.